The molecule has 0 bridgehead atoms. The highest BCUT2D eigenvalue weighted by atomic mass is 31.2. The van der Waals surface area contributed by atoms with Crippen molar-refractivity contribution in [3.63, 3.8) is 0 Å². The number of ether oxygens (including phenoxy) is 2. The Kier molecular flexibility index (Phi) is 19.6. The fraction of sp³-hybridized carbons (Fsp3) is 0.840. The summed E-state index contributed by atoms with van der Waals surface area (Å²) in [5, 5.41) is 9.42. The molecule has 216 valence electrons. The predicted molar refractivity (Wildman–Crippen MR) is 141 cm³/mol. The van der Waals surface area contributed by atoms with E-state index >= 15 is 0 Å². The molecule has 3 N–H and O–H groups in total. The average Bonchev–Trinajstić information content (AvgIpc) is 2.87. The number of nitrogens with one attached hydrogen (secondary N) is 1. The van der Waals surface area contributed by atoms with Crippen molar-refractivity contribution in [3.05, 3.63) is 33.1 Å². The number of nitrogens with zero attached hydrogens (tertiary/aromatic N) is 1. The lowest BCUT2D eigenvalue weighted by atomic mass is 10.1. The van der Waals surface area contributed by atoms with E-state index in [0.29, 0.717) is 26.1 Å². The number of alkyl halides is 1. The van der Waals surface area contributed by atoms with Gasteiger partial charge < -0.3 is 24.0 Å². The van der Waals surface area contributed by atoms with E-state index in [0.717, 1.165) is 36.3 Å². The number of H-pyrrole nitrogens is 1. The Morgan fingerprint density at radius 3 is 2.03 bits per heavy atom. The Balaban J connectivity index is 1.97. The van der Waals surface area contributed by atoms with Crippen LogP contribution in [-0.2, 0) is 25.1 Å². The fourth-order valence-electron chi connectivity index (χ4n) is 3.74. The van der Waals surface area contributed by atoms with Crippen LogP contribution in [0.2, 0.25) is 0 Å². The molecule has 0 aliphatic carbocycles. The molecule has 2 unspecified atom stereocenters. The van der Waals surface area contributed by atoms with E-state index in [1.54, 1.807) is 0 Å². The lowest BCUT2D eigenvalue weighted by Gasteiger charge is -2.19. The molecule has 10 nitrogen and oxygen atoms in total. The van der Waals surface area contributed by atoms with Crippen LogP contribution in [-0.4, -0.2) is 65.1 Å². The minimum absolute atomic E-state index is 0.0379. The van der Waals surface area contributed by atoms with E-state index in [-0.39, 0.29) is 19.8 Å². The molecular weight excluding hydrogens is 506 g/mol. The molecule has 12 heteroatoms. The lowest BCUT2D eigenvalue weighted by Crippen LogP contribution is -2.34. The van der Waals surface area contributed by atoms with E-state index in [1.807, 2.05) is 0 Å². The summed E-state index contributed by atoms with van der Waals surface area (Å²) in [4.78, 5) is 34.8. The maximum absolute atomic E-state index is 12.1. The third-order valence-electron chi connectivity index (χ3n) is 5.87. The highest BCUT2D eigenvalue weighted by molar-refractivity contribution is 7.52. The highest BCUT2D eigenvalue weighted by Crippen LogP contribution is 2.42. The smallest absolute Gasteiger partial charge is 0.353 e. The van der Waals surface area contributed by atoms with Gasteiger partial charge in [-0.2, -0.15) is 0 Å². The summed E-state index contributed by atoms with van der Waals surface area (Å²) >= 11 is 0. The molecule has 1 aromatic rings. The Hall–Kier alpha value is -1.36. The maximum Gasteiger partial charge on any atom is 0.353 e. The molecule has 0 fully saturated rings. The van der Waals surface area contributed by atoms with Gasteiger partial charge in [-0.05, 0) is 19.3 Å². The van der Waals surface area contributed by atoms with Gasteiger partial charge in [-0.3, -0.25) is 23.3 Å². The second-order valence-electron chi connectivity index (χ2n) is 9.23. The van der Waals surface area contributed by atoms with Gasteiger partial charge in [-0.15, -0.1) is 0 Å². The first kappa shape index (κ1) is 33.7. The van der Waals surface area contributed by atoms with Gasteiger partial charge in [0.2, 0.25) is 0 Å². The van der Waals surface area contributed by atoms with Gasteiger partial charge >= 0.3 is 13.3 Å². The van der Waals surface area contributed by atoms with Crippen LogP contribution in [0.4, 0.5) is 4.39 Å². The molecule has 0 radical (unpaired) electrons. The molecular formula is C25H46FN2O8P. The molecule has 0 saturated heterocycles. The molecule has 0 aliphatic rings. The molecule has 0 aromatic carbocycles. The Labute approximate surface area is 219 Å². The normalized spacial score (nSPS) is 14.0. The van der Waals surface area contributed by atoms with Gasteiger partial charge in [0.1, 0.15) is 6.35 Å². The van der Waals surface area contributed by atoms with E-state index in [1.165, 1.54) is 51.1 Å². The van der Waals surface area contributed by atoms with Gasteiger partial charge in [0, 0.05) is 25.5 Å². The van der Waals surface area contributed by atoms with Crippen LogP contribution in [0.1, 0.15) is 83.5 Å². The summed E-state index contributed by atoms with van der Waals surface area (Å²) in [6.07, 6.45) is 13.9. The third kappa shape index (κ3) is 18.5. The fourth-order valence-corrected chi connectivity index (χ4v) is 4.63. The van der Waals surface area contributed by atoms with Gasteiger partial charge in [0.05, 0.1) is 32.5 Å². The number of aliphatic hydroxyl groups is 1. The zero-order valence-electron chi connectivity index (χ0n) is 22.0. The topological polar surface area (TPSA) is 140 Å². The van der Waals surface area contributed by atoms with Crippen LogP contribution >= 0.6 is 7.60 Å². The second kappa shape index (κ2) is 21.6. The van der Waals surface area contributed by atoms with Gasteiger partial charge in [-0.1, -0.05) is 64.2 Å². The number of aliphatic hydroxyl groups excluding tert-OH is 1. The van der Waals surface area contributed by atoms with Crippen molar-refractivity contribution in [1.29, 1.82) is 0 Å². The molecule has 1 aromatic heterocycles. The molecule has 0 saturated carbocycles. The number of halogens is 1. The van der Waals surface area contributed by atoms with Gasteiger partial charge in [0.15, 0.2) is 0 Å². The van der Waals surface area contributed by atoms with E-state index < -0.39 is 37.9 Å². The first-order valence-electron chi connectivity index (χ1n) is 13.5. The second-order valence-corrected chi connectivity index (χ2v) is 11.0. The Morgan fingerprint density at radius 2 is 1.46 bits per heavy atom. The van der Waals surface area contributed by atoms with Crippen LogP contribution in [0.15, 0.2) is 21.9 Å². The van der Waals surface area contributed by atoms with Crippen molar-refractivity contribution in [2.45, 2.75) is 96.1 Å². The van der Waals surface area contributed by atoms with E-state index in [4.69, 9.17) is 14.0 Å². The summed E-state index contributed by atoms with van der Waals surface area (Å²) in [7, 11) is -4.02. The summed E-state index contributed by atoms with van der Waals surface area (Å²) in [5.74, 6) is 0. The largest absolute Gasteiger partial charge is 0.394 e. The number of hydrogen-bond acceptors (Lipinski definition) is 7. The molecule has 1 rings (SSSR count). The average molecular weight is 553 g/mol. The van der Waals surface area contributed by atoms with Crippen LogP contribution in [0.5, 0.6) is 0 Å². The number of aromatic nitrogens is 2. The molecule has 2 atom stereocenters. The SMILES string of the molecule is O=c1ccn(CC(CO)OCP(=O)(O)OCCCOCCCCCCCCCCCCCCF)c(=O)[nH]1. The first-order valence-corrected chi connectivity index (χ1v) is 15.3. The Bertz CT molecular complexity index is 850. The maximum atomic E-state index is 12.1. The minimum Gasteiger partial charge on any atom is -0.394 e. The lowest BCUT2D eigenvalue weighted by molar-refractivity contribution is 0.0162. The zero-order chi connectivity index (χ0) is 27.2. The van der Waals surface area contributed by atoms with Gasteiger partial charge in [0.25, 0.3) is 5.56 Å². The van der Waals surface area contributed by atoms with Crippen molar-refractivity contribution in [1.82, 2.24) is 9.55 Å². The monoisotopic (exact) mass is 552 g/mol. The number of unbranched alkanes of at least 4 members (excludes halogenated alkanes) is 11. The standard InChI is InChI=1S/C25H46FN2O8P/c26-15-11-9-7-5-3-1-2-4-6-8-10-12-17-34-18-13-19-36-37(32,33)22-35-23(21-29)20-28-16-14-24(30)27-25(28)31/h14,16,23,29H,1-13,15,17-22H2,(H,32,33)(H,27,30,31). The van der Waals surface area contributed by atoms with E-state index in [2.05, 4.69) is 4.98 Å². The molecule has 0 amide bonds. The van der Waals surface area contributed by atoms with Gasteiger partial charge in [-0.25, -0.2) is 4.79 Å². The number of hydrogen-bond donors (Lipinski definition) is 3. The molecule has 0 spiro atoms. The minimum atomic E-state index is -4.02. The van der Waals surface area contributed by atoms with Crippen molar-refractivity contribution in [2.75, 3.05) is 39.5 Å². The molecule has 37 heavy (non-hydrogen) atoms. The quantitative estimate of drug-likeness (QED) is 0.122. The summed E-state index contributed by atoms with van der Waals surface area (Å²) < 4.78 is 41.1. The predicted octanol–water partition coefficient (Wildman–Crippen LogP) is 4.13. The summed E-state index contributed by atoms with van der Waals surface area (Å²) in [6, 6.07) is 1.16. The Morgan fingerprint density at radius 1 is 0.892 bits per heavy atom. The molecule has 1 heterocycles. The van der Waals surface area contributed by atoms with Crippen molar-refractivity contribution >= 4 is 7.60 Å². The van der Waals surface area contributed by atoms with Crippen molar-refractivity contribution in [3.8, 4) is 0 Å². The van der Waals surface area contributed by atoms with E-state index in [9.17, 15) is 28.5 Å². The van der Waals surface area contributed by atoms with Crippen LogP contribution in [0.25, 0.3) is 0 Å². The first-order chi connectivity index (χ1) is 17.9. The van der Waals surface area contributed by atoms with Crippen LogP contribution in [0, 0.1) is 0 Å². The molecule has 0 aliphatic heterocycles. The third-order valence-corrected chi connectivity index (χ3v) is 6.93. The van der Waals surface area contributed by atoms with Crippen LogP contribution < -0.4 is 11.2 Å². The zero-order valence-corrected chi connectivity index (χ0v) is 22.9. The summed E-state index contributed by atoms with van der Waals surface area (Å²) in [5.41, 5.74) is -1.21. The van der Waals surface area contributed by atoms with Crippen molar-refractivity contribution in [2.24, 2.45) is 0 Å². The van der Waals surface area contributed by atoms with Crippen molar-refractivity contribution < 1.29 is 33.0 Å². The summed E-state index contributed by atoms with van der Waals surface area (Å²) in [6.45, 7) is 0.356. The highest BCUT2D eigenvalue weighted by Gasteiger charge is 2.22. The van der Waals surface area contributed by atoms with Crippen LogP contribution in [0.3, 0.4) is 0 Å². The number of aromatic amines is 1. The number of rotatable bonds is 25.